The van der Waals surface area contributed by atoms with Crippen molar-refractivity contribution in [3.8, 4) is 5.75 Å². The molecule has 1 unspecified atom stereocenters. The lowest BCUT2D eigenvalue weighted by atomic mass is 9.89. The minimum atomic E-state index is -0.450. The summed E-state index contributed by atoms with van der Waals surface area (Å²) in [5, 5.41) is 14.0. The highest BCUT2D eigenvalue weighted by molar-refractivity contribution is 5.95. The van der Waals surface area contributed by atoms with Crippen LogP contribution in [0.15, 0.2) is 42.5 Å². The van der Waals surface area contributed by atoms with Gasteiger partial charge in [-0.15, -0.1) is 0 Å². The number of aryl methyl sites for hydroxylation is 1. The topological polar surface area (TPSA) is 81.5 Å². The molecule has 1 heterocycles. The smallest absolute Gasteiger partial charge is 0.272 e. The number of carbonyl (C=O) groups is 1. The molecule has 0 fully saturated rings. The number of nitrogens with zero attached hydrogens (tertiary/aromatic N) is 1. The summed E-state index contributed by atoms with van der Waals surface area (Å²) < 4.78 is 5.97. The molecule has 0 bridgehead atoms. The van der Waals surface area contributed by atoms with Gasteiger partial charge in [-0.25, -0.2) is 0 Å². The Hall–Kier alpha value is -2.89. The van der Waals surface area contributed by atoms with Gasteiger partial charge in [0, 0.05) is 29.2 Å². The predicted octanol–water partition coefficient (Wildman–Crippen LogP) is 3.94. The van der Waals surface area contributed by atoms with Gasteiger partial charge in [-0.3, -0.25) is 14.9 Å². The third-order valence-electron chi connectivity index (χ3n) is 4.34. The van der Waals surface area contributed by atoms with Gasteiger partial charge in [0.1, 0.15) is 11.4 Å². The fourth-order valence-corrected chi connectivity index (χ4v) is 3.17. The fraction of sp³-hybridized carbons (Fsp3) is 0.316. The zero-order valence-corrected chi connectivity index (χ0v) is 14.4. The molecule has 0 saturated heterocycles. The second kappa shape index (κ2) is 6.20. The van der Waals surface area contributed by atoms with Gasteiger partial charge in [0.15, 0.2) is 0 Å². The Kier molecular flexibility index (Phi) is 4.20. The molecule has 2 aromatic carbocycles. The summed E-state index contributed by atoms with van der Waals surface area (Å²) in [7, 11) is 0. The summed E-state index contributed by atoms with van der Waals surface area (Å²) in [4.78, 5) is 23.1. The van der Waals surface area contributed by atoms with E-state index in [0.717, 1.165) is 11.3 Å². The maximum absolute atomic E-state index is 12.6. The van der Waals surface area contributed by atoms with Crippen LogP contribution in [0.1, 0.15) is 47.8 Å². The van der Waals surface area contributed by atoms with Crippen molar-refractivity contribution >= 4 is 11.6 Å². The molecule has 1 N–H and O–H groups in total. The monoisotopic (exact) mass is 340 g/mol. The summed E-state index contributed by atoms with van der Waals surface area (Å²) >= 11 is 0. The van der Waals surface area contributed by atoms with Gasteiger partial charge in [0.25, 0.3) is 11.6 Å². The van der Waals surface area contributed by atoms with Crippen LogP contribution in [0.5, 0.6) is 5.75 Å². The van der Waals surface area contributed by atoms with E-state index in [1.54, 1.807) is 13.0 Å². The van der Waals surface area contributed by atoms with E-state index in [1.165, 1.54) is 12.1 Å². The van der Waals surface area contributed by atoms with Crippen molar-refractivity contribution < 1.29 is 14.5 Å². The molecule has 2 aromatic rings. The molecule has 0 radical (unpaired) electrons. The van der Waals surface area contributed by atoms with E-state index in [4.69, 9.17) is 4.74 Å². The number of rotatable bonds is 3. The van der Waals surface area contributed by atoms with Crippen molar-refractivity contribution in [2.75, 3.05) is 0 Å². The first-order valence-corrected chi connectivity index (χ1v) is 8.11. The van der Waals surface area contributed by atoms with Gasteiger partial charge in [-0.2, -0.15) is 0 Å². The Morgan fingerprint density at radius 3 is 2.68 bits per heavy atom. The highest BCUT2D eigenvalue weighted by Crippen LogP contribution is 2.39. The Bertz CT molecular complexity index is 845. The molecule has 130 valence electrons. The van der Waals surface area contributed by atoms with Crippen LogP contribution in [0.25, 0.3) is 0 Å². The lowest BCUT2D eigenvalue weighted by Crippen LogP contribution is -2.41. The second-order valence-electron chi connectivity index (χ2n) is 6.89. The summed E-state index contributed by atoms with van der Waals surface area (Å²) in [5.41, 5.74) is 1.43. The van der Waals surface area contributed by atoms with Crippen LogP contribution in [0.2, 0.25) is 0 Å². The molecule has 0 spiro atoms. The van der Waals surface area contributed by atoms with Crippen molar-refractivity contribution in [2.45, 2.75) is 38.8 Å². The number of benzene rings is 2. The van der Waals surface area contributed by atoms with E-state index in [2.05, 4.69) is 5.32 Å². The minimum absolute atomic E-state index is 0.00842. The van der Waals surface area contributed by atoms with Crippen molar-refractivity contribution in [1.29, 1.82) is 0 Å². The average Bonchev–Trinajstić information content (AvgIpc) is 2.53. The molecule has 6 nitrogen and oxygen atoms in total. The highest BCUT2D eigenvalue weighted by atomic mass is 16.6. The number of carbonyl (C=O) groups excluding carboxylic acids is 1. The molecule has 1 atom stereocenters. The number of para-hydroxylation sites is 1. The van der Waals surface area contributed by atoms with Crippen LogP contribution < -0.4 is 10.1 Å². The Morgan fingerprint density at radius 2 is 2.00 bits per heavy atom. The van der Waals surface area contributed by atoms with E-state index in [9.17, 15) is 14.9 Å². The number of hydrogen-bond donors (Lipinski definition) is 1. The van der Waals surface area contributed by atoms with Crippen molar-refractivity contribution in [3.05, 3.63) is 69.3 Å². The minimum Gasteiger partial charge on any atom is -0.487 e. The molecule has 6 heteroatoms. The number of nitro benzene ring substituents is 1. The van der Waals surface area contributed by atoms with Gasteiger partial charge in [0.2, 0.25) is 0 Å². The van der Waals surface area contributed by atoms with E-state index < -0.39 is 10.5 Å². The largest absolute Gasteiger partial charge is 0.487 e. The van der Waals surface area contributed by atoms with Crippen LogP contribution in [0.4, 0.5) is 5.69 Å². The van der Waals surface area contributed by atoms with Crippen LogP contribution >= 0.6 is 0 Å². The first-order valence-electron chi connectivity index (χ1n) is 8.11. The van der Waals surface area contributed by atoms with Crippen molar-refractivity contribution in [3.63, 3.8) is 0 Å². The van der Waals surface area contributed by atoms with Gasteiger partial charge < -0.3 is 10.1 Å². The maximum Gasteiger partial charge on any atom is 0.272 e. The molecule has 0 aromatic heterocycles. The quantitative estimate of drug-likeness (QED) is 0.678. The van der Waals surface area contributed by atoms with Gasteiger partial charge in [-0.1, -0.05) is 18.2 Å². The van der Waals surface area contributed by atoms with Gasteiger partial charge in [0.05, 0.1) is 11.0 Å². The maximum atomic E-state index is 12.6. The lowest BCUT2D eigenvalue weighted by Gasteiger charge is -2.37. The van der Waals surface area contributed by atoms with E-state index in [0.29, 0.717) is 17.5 Å². The van der Waals surface area contributed by atoms with E-state index in [-0.39, 0.29) is 17.6 Å². The number of fused-ring (bicyclic) bond motifs is 1. The number of nitrogens with one attached hydrogen (secondary N) is 1. The summed E-state index contributed by atoms with van der Waals surface area (Å²) in [6.45, 7) is 5.60. The zero-order chi connectivity index (χ0) is 18.2. The number of nitro groups is 1. The zero-order valence-electron chi connectivity index (χ0n) is 14.4. The Morgan fingerprint density at radius 1 is 1.28 bits per heavy atom. The molecule has 1 aliphatic rings. The molecule has 1 amide bonds. The van der Waals surface area contributed by atoms with E-state index >= 15 is 0 Å². The standard InChI is InChI=1S/C19H20N2O4/c1-12-10-13(8-9-16(12)21(23)24)18(22)20-15-11-19(2,3)25-17-7-5-4-6-14(15)17/h4-10,15H,11H2,1-3H3,(H,20,22). The molecular formula is C19H20N2O4. The first-order chi connectivity index (χ1) is 11.8. The lowest BCUT2D eigenvalue weighted by molar-refractivity contribution is -0.385. The molecular weight excluding hydrogens is 320 g/mol. The van der Waals surface area contributed by atoms with Gasteiger partial charge in [-0.05, 0) is 39.0 Å². The average molecular weight is 340 g/mol. The Balaban J connectivity index is 1.86. The highest BCUT2D eigenvalue weighted by Gasteiger charge is 2.34. The van der Waals surface area contributed by atoms with Crippen LogP contribution in [0, 0.1) is 17.0 Å². The molecule has 25 heavy (non-hydrogen) atoms. The number of amides is 1. The van der Waals surface area contributed by atoms with Gasteiger partial charge >= 0.3 is 0 Å². The van der Waals surface area contributed by atoms with Crippen molar-refractivity contribution in [2.24, 2.45) is 0 Å². The van der Waals surface area contributed by atoms with Crippen LogP contribution in [-0.2, 0) is 0 Å². The van der Waals surface area contributed by atoms with Crippen LogP contribution in [0.3, 0.4) is 0 Å². The normalized spacial score (nSPS) is 18.0. The third-order valence-corrected chi connectivity index (χ3v) is 4.34. The fourth-order valence-electron chi connectivity index (χ4n) is 3.17. The SMILES string of the molecule is Cc1cc(C(=O)NC2CC(C)(C)Oc3ccccc32)ccc1[N+](=O)[O-]. The molecule has 1 aliphatic heterocycles. The summed E-state index contributed by atoms with van der Waals surface area (Å²) in [5.74, 6) is 0.513. The predicted molar refractivity (Wildman–Crippen MR) is 93.8 cm³/mol. The Labute approximate surface area is 146 Å². The van der Waals surface area contributed by atoms with E-state index in [1.807, 2.05) is 38.1 Å². The number of ether oxygens (including phenoxy) is 1. The molecule has 3 rings (SSSR count). The summed E-state index contributed by atoms with van der Waals surface area (Å²) in [6, 6.07) is 11.9. The third kappa shape index (κ3) is 3.47. The molecule has 0 saturated carbocycles. The second-order valence-corrected chi connectivity index (χ2v) is 6.89. The molecule has 0 aliphatic carbocycles. The van der Waals surface area contributed by atoms with Crippen molar-refractivity contribution in [1.82, 2.24) is 5.32 Å². The number of hydrogen-bond acceptors (Lipinski definition) is 4. The summed E-state index contributed by atoms with van der Waals surface area (Å²) in [6.07, 6.45) is 0.641. The van der Waals surface area contributed by atoms with Crippen LogP contribution in [-0.4, -0.2) is 16.4 Å². The first kappa shape index (κ1) is 17.0.